The molecule has 0 saturated heterocycles. The zero-order valence-corrected chi connectivity index (χ0v) is 9.41. The van der Waals surface area contributed by atoms with Gasteiger partial charge in [0.15, 0.2) is 0 Å². The lowest BCUT2D eigenvalue weighted by Gasteiger charge is -2.11. The van der Waals surface area contributed by atoms with E-state index in [4.69, 9.17) is 0 Å². The fourth-order valence-corrected chi connectivity index (χ4v) is 2.05. The molecule has 0 heterocycles. The molecule has 0 amide bonds. The van der Waals surface area contributed by atoms with E-state index in [9.17, 15) is 4.39 Å². The van der Waals surface area contributed by atoms with Gasteiger partial charge in [0.25, 0.3) is 0 Å². The van der Waals surface area contributed by atoms with E-state index >= 15 is 0 Å². The number of aryl methyl sites for hydroxylation is 2. The summed E-state index contributed by atoms with van der Waals surface area (Å²) in [7, 11) is 0. The molecule has 0 aliphatic carbocycles. The maximum Gasteiger partial charge on any atom is 0.107 e. The van der Waals surface area contributed by atoms with Crippen LogP contribution in [0.1, 0.15) is 11.1 Å². The average Bonchev–Trinajstić information content (AvgIpc) is 2.02. The van der Waals surface area contributed by atoms with Crippen molar-refractivity contribution < 1.29 is 4.39 Å². The first kappa shape index (κ1) is 10.5. The van der Waals surface area contributed by atoms with E-state index in [1.165, 1.54) is 0 Å². The van der Waals surface area contributed by atoms with Crippen molar-refractivity contribution in [3.8, 4) is 0 Å². The molecule has 13 heavy (non-hydrogen) atoms. The molecule has 3 heteroatoms. The highest BCUT2D eigenvalue weighted by atomic mass is 79.9. The molecule has 0 fully saturated rings. The Labute approximate surface area is 86.5 Å². The first-order valence-electron chi connectivity index (χ1n) is 4.21. The van der Waals surface area contributed by atoms with Crippen molar-refractivity contribution >= 4 is 21.6 Å². The molecule has 1 aromatic rings. The summed E-state index contributed by atoms with van der Waals surface area (Å²) in [6.45, 7) is 4.06. The van der Waals surface area contributed by atoms with Crippen molar-refractivity contribution in [2.45, 2.75) is 13.8 Å². The third-order valence-corrected chi connectivity index (χ3v) is 2.35. The largest absolute Gasteiger partial charge is 0.382 e. The molecule has 0 radical (unpaired) electrons. The Hall–Kier alpha value is -0.570. The number of nitrogens with one attached hydrogen (secondary N) is 1. The van der Waals surface area contributed by atoms with Crippen LogP contribution in [0.4, 0.5) is 10.1 Å². The van der Waals surface area contributed by atoms with E-state index in [0.717, 1.165) is 21.3 Å². The zero-order valence-electron chi connectivity index (χ0n) is 7.82. The van der Waals surface area contributed by atoms with Gasteiger partial charge in [-0.25, -0.2) is 4.39 Å². The van der Waals surface area contributed by atoms with Crippen LogP contribution in [0, 0.1) is 13.8 Å². The maximum atomic E-state index is 11.9. The van der Waals surface area contributed by atoms with Gasteiger partial charge in [0.05, 0.1) is 0 Å². The van der Waals surface area contributed by atoms with Crippen LogP contribution < -0.4 is 5.32 Å². The smallest absolute Gasteiger partial charge is 0.107 e. The van der Waals surface area contributed by atoms with Crippen LogP contribution >= 0.6 is 15.9 Å². The fraction of sp³-hybridized carbons (Fsp3) is 0.400. The Morgan fingerprint density at radius 2 is 1.85 bits per heavy atom. The van der Waals surface area contributed by atoms with E-state index in [-0.39, 0.29) is 6.67 Å². The molecule has 72 valence electrons. The van der Waals surface area contributed by atoms with Gasteiger partial charge >= 0.3 is 0 Å². The summed E-state index contributed by atoms with van der Waals surface area (Å²) >= 11 is 3.41. The third kappa shape index (κ3) is 2.69. The summed E-state index contributed by atoms with van der Waals surface area (Å²) in [6.07, 6.45) is 0. The van der Waals surface area contributed by atoms with Crippen LogP contribution in [0.5, 0.6) is 0 Å². The summed E-state index contributed by atoms with van der Waals surface area (Å²) in [5.74, 6) is 0. The van der Waals surface area contributed by atoms with Gasteiger partial charge in [-0.2, -0.15) is 0 Å². The Kier molecular flexibility index (Phi) is 3.72. The van der Waals surface area contributed by atoms with E-state index in [0.29, 0.717) is 6.54 Å². The van der Waals surface area contributed by atoms with Crippen molar-refractivity contribution in [1.29, 1.82) is 0 Å². The Balaban J connectivity index is 2.92. The number of rotatable bonds is 3. The summed E-state index contributed by atoms with van der Waals surface area (Å²) in [4.78, 5) is 0. The fourth-order valence-electron chi connectivity index (χ4n) is 1.36. The summed E-state index contributed by atoms with van der Waals surface area (Å²) < 4.78 is 13.0. The van der Waals surface area contributed by atoms with Gasteiger partial charge in [0.2, 0.25) is 0 Å². The molecule has 0 saturated carbocycles. The lowest BCUT2D eigenvalue weighted by Crippen LogP contribution is -2.05. The van der Waals surface area contributed by atoms with Crippen LogP contribution in [0.15, 0.2) is 16.6 Å². The molecule has 1 nitrogen and oxygen atoms in total. The molecule has 1 N–H and O–H groups in total. The van der Waals surface area contributed by atoms with E-state index in [1.54, 1.807) is 0 Å². The number of benzene rings is 1. The topological polar surface area (TPSA) is 12.0 Å². The van der Waals surface area contributed by atoms with Crippen LogP contribution in [0.25, 0.3) is 0 Å². The quantitative estimate of drug-likeness (QED) is 0.861. The first-order valence-corrected chi connectivity index (χ1v) is 5.01. The van der Waals surface area contributed by atoms with Crippen molar-refractivity contribution in [2.75, 3.05) is 18.5 Å². The molecule has 0 unspecified atom stereocenters. The molecule has 0 bridgehead atoms. The van der Waals surface area contributed by atoms with Crippen LogP contribution in [0.2, 0.25) is 0 Å². The third-order valence-electron chi connectivity index (χ3n) is 1.89. The summed E-state index contributed by atoms with van der Waals surface area (Å²) in [6, 6.07) is 4.04. The molecule has 0 atom stereocenters. The second-order valence-corrected chi connectivity index (χ2v) is 3.95. The van der Waals surface area contributed by atoms with Crippen molar-refractivity contribution in [1.82, 2.24) is 0 Å². The molecule has 1 rings (SSSR count). The van der Waals surface area contributed by atoms with Crippen LogP contribution in [0.3, 0.4) is 0 Å². The van der Waals surface area contributed by atoms with Gasteiger partial charge in [-0.3, -0.25) is 0 Å². The van der Waals surface area contributed by atoms with E-state index in [1.807, 2.05) is 26.0 Å². The predicted octanol–water partition coefficient (Wildman–Crippen LogP) is 3.45. The highest BCUT2D eigenvalue weighted by Crippen LogP contribution is 2.24. The lowest BCUT2D eigenvalue weighted by molar-refractivity contribution is 0.512. The van der Waals surface area contributed by atoms with Gasteiger partial charge in [-0.15, -0.1) is 0 Å². The molecular weight excluding hydrogens is 233 g/mol. The highest BCUT2D eigenvalue weighted by Gasteiger charge is 2.02. The SMILES string of the molecule is Cc1cc(Br)cc(C)c1NCCF. The number of halogens is 2. The van der Waals surface area contributed by atoms with Gasteiger partial charge in [0.1, 0.15) is 6.67 Å². The summed E-state index contributed by atoms with van der Waals surface area (Å²) in [5.41, 5.74) is 3.32. The monoisotopic (exact) mass is 245 g/mol. The number of alkyl halides is 1. The van der Waals surface area contributed by atoms with Gasteiger partial charge in [-0.1, -0.05) is 15.9 Å². The zero-order chi connectivity index (χ0) is 9.84. The normalized spacial score (nSPS) is 10.2. The maximum absolute atomic E-state index is 11.9. The number of hydrogen-bond acceptors (Lipinski definition) is 1. The highest BCUT2D eigenvalue weighted by molar-refractivity contribution is 9.10. The lowest BCUT2D eigenvalue weighted by atomic mass is 10.1. The Morgan fingerprint density at radius 1 is 1.31 bits per heavy atom. The van der Waals surface area contributed by atoms with E-state index < -0.39 is 0 Å². The first-order chi connectivity index (χ1) is 6.15. The van der Waals surface area contributed by atoms with Gasteiger partial charge in [0, 0.05) is 16.7 Å². The van der Waals surface area contributed by atoms with Crippen molar-refractivity contribution in [3.05, 3.63) is 27.7 Å². The number of hydrogen-bond donors (Lipinski definition) is 1. The Morgan fingerprint density at radius 3 is 2.31 bits per heavy atom. The minimum absolute atomic E-state index is 0.338. The molecule has 1 aromatic carbocycles. The molecule has 0 spiro atoms. The van der Waals surface area contributed by atoms with Gasteiger partial charge < -0.3 is 5.32 Å². The second-order valence-electron chi connectivity index (χ2n) is 3.03. The second kappa shape index (κ2) is 4.61. The average molecular weight is 246 g/mol. The number of anilines is 1. The standard InChI is InChI=1S/C10H13BrFN/c1-7-5-9(11)6-8(2)10(7)13-4-3-12/h5-6,13H,3-4H2,1-2H3. The molecule has 0 aliphatic heterocycles. The minimum atomic E-state index is -0.338. The van der Waals surface area contributed by atoms with Gasteiger partial charge in [-0.05, 0) is 37.1 Å². The predicted molar refractivity (Wildman–Crippen MR) is 58.1 cm³/mol. The van der Waals surface area contributed by atoms with E-state index in [2.05, 4.69) is 21.2 Å². The van der Waals surface area contributed by atoms with Crippen molar-refractivity contribution in [2.24, 2.45) is 0 Å². The molecule has 0 aliphatic rings. The van der Waals surface area contributed by atoms with Crippen molar-refractivity contribution in [3.63, 3.8) is 0 Å². The van der Waals surface area contributed by atoms with Crippen LogP contribution in [-0.4, -0.2) is 13.2 Å². The Bertz CT molecular complexity index is 276. The molecule has 0 aromatic heterocycles. The summed E-state index contributed by atoms with van der Waals surface area (Å²) in [5, 5.41) is 3.06. The minimum Gasteiger partial charge on any atom is -0.382 e. The molecular formula is C10H13BrFN. The van der Waals surface area contributed by atoms with Crippen LogP contribution in [-0.2, 0) is 0 Å².